The summed E-state index contributed by atoms with van der Waals surface area (Å²) in [6.07, 6.45) is 0.439. The first-order valence-corrected chi connectivity index (χ1v) is 11.9. The molecule has 2 aromatic rings. The Bertz CT molecular complexity index is 1140. The van der Waals surface area contributed by atoms with Crippen molar-refractivity contribution in [3.8, 4) is 5.75 Å². The number of aromatic nitrogens is 2. The second-order valence-electron chi connectivity index (χ2n) is 8.88. The van der Waals surface area contributed by atoms with Crippen LogP contribution >= 0.6 is 0 Å². The molecule has 1 aromatic heterocycles. The number of hydrogen-bond donors (Lipinski definition) is 9. The van der Waals surface area contributed by atoms with Crippen LogP contribution in [0, 0.1) is 0 Å². The number of aliphatic hydroxyl groups is 1. The number of imidazole rings is 1. The summed E-state index contributed by atoms with van der Waals surface area (Å²) in [5.74, 6) is -5.44. The first-order valence-electron chi connectivity index (χ1n) is 11.9. The highest BCUT2D eigenvalue weighted by Gasteiger charge is 2.32. The Hall–Kier alpha value is -4.50. The number of aromatic hydroxyl groups is 1. The number of aliphatic hydroxyl groups excluding tert-OH is 1. The SMILES string of the molecule is CC(O)C(NC(=O)C(N)Cc1cnc[nH]1)C(=O)NC(Cc1ccc(O)cc1)C(=O)NC(CCC(=O)O)C(=O)O. The number of benzene rings is 1. The molecule has 3 amide bonds. The van der Waals surface area contributed by atoms with Gasteiger partial charge in [0.15, 0.2) is 0 Å². The molecule has 0 bridgehead atoms. The Labute approximate surface area is 222 Å². The topological polar surface area (TPSA) is 257 Å². The van der Waals surface area contributed by atoms with Crippen LogP contribution in [0.5, 0.6) is 5.75 Å². The highest BCUT2D eigenvalue weighted by molar-refractivity contribution is 5.94. The van der Waals surface area contributed by atoms with Crippen LogP contribution in [0.1, 0.15) is 31.0 Å². The minimum atomic E-state index is -1.56. The molecule has 1 heterocycles. The number of aliphatic carboxylic acids is 2. The maximum absolute atomic E-state index is 13.1. The molecule has 5 atom stereocenters. The third kappa shape index (κ3) is 10.1. The van der Waals surface area contributed by atoms with Crippen LogP contribution in [-0.2, 0) is 36.8 Å². The highest BCUT2D eigenvalue weighted by Crippen LogP contribution is 2.12. The van der Waals surface area contributed by atoms with Crippen LogP contribution in [0.25, 0.3) is 0 Å². The molecule has 1 aromatic carbocycles. The summed E-state index contributed by atoms with van der Waals surface area (Å²) in [6, 6.07) is 0.0692. The number of aromatic amines is 1. The maximum Gasteiger partial charge on any atom is 0.326 e. The Balaban J connectivity index is 2.19. The fraction of sp³-hybridized carbons (Fsp3) is 0.417. The van der Waals surface area contributed by atoms with E-state index >= 15 is 0 Å². The van der Waals surface area contributed by atoms with Gasteiger partial charge in [0.1, 0.15) is 23.9 Å². The lowest BCUT2D eigenvalue weighted by molar-refractivity contribution is -0.143. The number of nitrogens with two attached hydrogens (primary N) is 1. The molecule has 15 nitrogen and oxygen atoms in total. The fourth-order valence-corrected chi connectivity index (χ4v) is 3.53. The minimum Gasteiger partial charge on any atom is -0.508 e. The van der Waals surface area contributed by atoms with Crippen molar-refractivity contribution in [3.63, 3.8) is 0 Å². The van der Waals surface area contributed by atoms with Crippen molar-refractivity contribution in [2.45, 2.75) is 62.9 Å². The van der Waals surface area contributed by atoms with E-state index in [1.54, 1.807) is 0 Å². The van der Waals surface area contributed by atoms with Gasteiger partial charge in [-0.3, -0.25) is 19.2 Å². The number of amides is 3. The standard InChI is InChI=1S/C24H32N6O9/c1-12(31)20(30-21(35)16(25)9-14-10-26-11-27-14)23(37)29-18(8-13-2-4-15(32)5-3-13)22(36)28-17(24(38)39)6-7-19(33)34/h2-5,10-12,16-18,20,31-32H,6-9,25H2,1H3,(H,26,27)(H,28,36)(H,29,37)(H,30,35)(H,33,34)(H,38,39). The summed E-state index contributed by atoms with van der Waals surface area (Å²) in [4.78, 5) is 67.8. The fourth-order valence-electron chi connectivity index (χ4n) is 3.53. The van der Waals surface area contributed by atoms with Gasteiger partial charge in [-0.25, -0.2) is 9.78 Å². The molecule has 39 heavy (non-hydrogen) atoms. The van der Waals surface area contributed by atoms with E-state index in [-0.39, 0.29) is 18.6 Å². The van der Waals surface area contributed by atoms with Gasteiger partial charge in [0.05, 0.1) is 18.5 Å². The highest BCUT2D eigenvalue weighted by atomic mass is 16.4. The average molecular weight is 549 g/mol. The predicted molar refractivity (Wildman–Crippen MR) is 134 cm³/mol. The zero-order valence-corrected chi connectivity index (χ0v) is 21.0. The van der Waals surface area contributed by atoms with Gasteiger partial charge >= 0.3 is 11.9 Å². The van der Waals surface area contributed by atoms with Crippen LogP contribution in [-0.4, -0.2) is 90.3 Å². The zero-order chi connectivity index (χ0) is 29.1. The summed E-state index contributed by atoms with van der Waals surface area (Å²) < 4.78 is 0. The summed E-state index contributed by atoms with van der Waals surface area (Å²) in [5, 5.41) is 45.0. The second kappa shape index (κ2) is 14.4. The van der Waals surface area contributed by atoms with Crippen molar-refractivity contribution in [3.05, 3.63) is 48.0 Å². The summed E-state index contributed by atoms with van der Waals surface area (Å²) in [6.45, 7) is 1.24. The van der Waals surface area contributed by atoms with Gasteiger partial charge in [0, 0.05) is 31.2 Å². The van der Waals surface area contributed by atoms with E-state index in [9.17, 15) is 39.3 Å². The van der Waals surface area contributed by atoms with E-state index in [1.807, 2.05) is 0 Å². The van der Waals surface area contributed by atoms with Gasteiger partial charge in [0.25, 0.3) is 0 Å². The van der Waals surface area contributed by atoms with E-state index in [1.165, 1.54) is 43.7 Å². The molecule has 2 rings (SSSR count). The van der Waals surface area contributed by atoms with E-state index in [0.29, 0.717) is 11.3 Å². The number of nitrogens with one attached hydrogen (secondary N) is 4. The number of hydrogen-bond acceptors (Lipinski definition) is 9. The molecule has 0 fully saturated rings. The molecule has 0 aliphatic carbocycles. The third-order valence-electron chi connectivity index (χ3n) is 5.66. The largest absolute Gasteiger partial charge is 0.508 e. The Morgan fingerprint density at radius 3 is 2.13 bits per heavy atom. The van der Waals surface area contributed by atoms with Gasteiger partial charge in [-0.15, -0.1) is 0 Å². The molecule has 0 saturated carbocycles. The number of carbonyl (C=O) groups excluding carboxylic acids is 3. The number of carbonyl (C=O) groups is 5. The van der Waals surface area contributed by atoms with Crippen molar-refractivity contribution >= 4 is 29.7 Å². The van der Waals surface area contributed by atoms with Crippen molar-refractivity contribution in [2.75, 3.05) is 0 Å². The molecule has 0 aliphatic heterocycles. The molecular formula is C24H32N6O9. The van der Waals surface area contributed by atoms with E-state index in [2.05, 4.69) is 25.9 Å². The van der Waals surface area contributed by atoms with Crippen LogP contribution in [0.15, 0.2) is 36.8 Å². The van der Waals surface area contributed by atoms with Crippen molar-refractivity contribution in [2.24, 2.45) is 5.73 Å². The molecule has 15 heteroatoms. The number of H-pyrrole nitrogens is 1. The van der Waals surface area contributed by atoms with Gasteiger partial charge in [-0.05, 0) is 31.0 Å². The summed E-state index contributed by atoms with van der Waals surface area (Å²) in [5.41, 5.74) is 6.94. The molecule has 0 aliphatic rings. The monoisotopic (exact) mass is 548 g/mol. The maximum atomic E-state index is 13.1. The molecule has 5 unspecified atom stereocenters. The van der Waals surface area contributed by atoms with Gasteiger partial charge < -0.3 is 47.1 Å². The number of phenolic OH excluding ortho intramolecular Hbond substituents is 1. The van der Waals surface area contributed by atoms with Gasteiger partial charge in [-0.2, -0.15) is 0 Å². The molecule has 0 radical (unpaired) electrons. The average Bonchev–Trinajstić information content (AvgIpc) is 3.38. The molecular weight excluding hydrogens is 516 g/mol. The number of phenols is 1. The van der Waals surface area contributed by atoms with Crippen molar-refractivity contribution in [1.82, 2.24) is 25.9 Å². The molecule has 0 saturated heterocycles. The number of carboxylic acid groups (broad SMARTS) is 2. The second-order valence-corrected chi connectivity index (χ2v) is 8.88. The van der Waals surface area contributed by atoms with Crippen LogP contribution < -0.4 is 21.7 Å². The smallest absolute Gasteiger partial charge is 0.326 e. The number of nitrogens with zero attached hydrogens (tertiary/aromatic N) is 1. The summed E-state index contributed by atoms with van der Waals surface area (Å²) >= 11 is 0. The Morgan fingerprint density at radius 2 is 1.59 bits per heavy atom. The van der Waals surface area contributed by atoms with E-state index in [4.69, 9.17) is 10.8 Å². The lowest BCUT2D eigenvalue weighted by atomic mass is 10.0. The molecule has 212 valence electrons. The van der Waals surface area contributed by atoms with E-state index in [0.717, 1.165) is 0 Å². The van der Waals surface area contributed by atoms with E-state index < -0.39 is 72.8 Å². The lowest BCUT2D eigenvalue weighted by Crippen LogP contribution is -2.60. The predicted octanol–water partition coefficient (Wildman–Crippen LogP) is -1.99. The van der Waals surface area contributed by atoms with Crippen molar-refractivity contribution < 1.29 is 44.4 Å². The van der Waals surface area contributed by atoms with Crippen LogP contribution in [0.3, 0.4) is 0 Å². The first-order chi connectivity index (χ1) is 18.4. The minimum absolute atomic E-state index is 0.0493. The first kappa shape index (κ1) is 30.7. The van der Waals surface area contributed by atoms with Crippen molar-refractivity contribution in [1.29, 1.82) is 0 Å². The third-order valence-corrected chi connectivity index (χ3v) is 5.66. The Kier molecular flexibility index (Phi) is 11.4. The molecule has 0 spiro atoms. The Morgan fingerprint density at radius 1 is 0.949 bits per heavy atom. The van der Waals surface area contributed by atoms with Gasteiger partial charge in [0.2, 0.25) is 17.7 Å². The number of carboxylic acids is 2. The zero-order valence-electron chi connectivity index (χ0n) is 21.0. The van der Waals surface area contributed by atoms with Crippen LogP contribution in [0.4, 0.5) is 0 Å². The summed E-state index contributed by atoms with van der Waals surface area (Å²) in [7, 11) is 0. The molecule has 10 N–H and O–H groups in total. The van der Waals surface area contributed by atoms with Crippen LogP contribution in [0.2, 0.25) is 0 Å². The lowest BCUT2D eigenvalue weighted by Gasteiger charge is -2.26. The normalized spacial score (nSPS) is 14.7. The number of rotatable bonds is 15. The van der Waals surface area contributed by atoms with Gasteiger partial charge in [-0.1, -0.05) is 12.1 Å². The quantitative estimate of drug-likeness (QED) is 0.118.